The van der Waals surface area contributed by atoms with Crippen LogP contribution >= 0.6 is 0 Å². The summed E-state index contributed by atoms with van der Waals surface area (Å²) in [6, 6.07) is 14.2. The number of amides is 1. The molecule has 0 saturated carbocycles. The van der Waals surface area contributed by atoms with Crippen molar-refractivity contribution < 1.29 is 4.79 Å². The zero-order valence-electron chi connectivity index (χ0n) is 13.2. The van der Waals surface area contributed by atoms with Crippen LogP contribution in [0, 0.1) is 13.8 Å². The van der Waals surface area contributed by atoms with E-state index in [0.717, 1.165) is 11.3 Å². The van der Waals surface area contributed by atoms with E-state index in [1.807, 2.05) is 24.3 Å². The van der Waals surface area contributed by atoms with E-state index in [4.69, 9.17) is 0 Å². The van der Waals surface area contributed by atoms with Crippen LogP contribution in [0.4, 0.5) is 5.69 Å². The Morgan fingerprint density at radius 3 is 2.43 bits per heavy atom. The summed E-state index contributed by atoms with van der Waals surface area (Å²) in [5, 5.41) is 3.04. The van der Waals surface area contributed by atoms with Gasteiger partial charge in [0.1, 0.15) is 0 Å². The molecule has 0 aromatic heterocycles. The number of hydrogen-bond donors (Lipinski definition) is 1. The predicted molar refractivity (Wildman–Crippen MR) is 88.8 cm³/mol. The Kier molecular flexibility index (Phi) is 4.79. The minimum Gasteiger partial charge on any atom is -0.326 e. The summed E-state index contributed by atoms with van der Waals surface area (Å²) in [5.41, 5.74) is 5.62. The first-order chi connectivity index (χ1) is 9.97. The Hall–Kier alpha value is -2.09. The molecule has 110 valence electrons. The fourth-order valence-corrected chi connectivity index (χ4v) is 2.41. The molecule has 2 aromatic rings. The number of carbonyl (C=O) groups is 1. The van der Waals surface area contributed by atoms with Crippen LogP contribution in [0.1, 0.15) is 42.0 Å². The lowest BCUT2D eigenvalue weighted by molar-refractivity contribution is -0.115. The summed E-state index contributed by atoms with van der Waals surface area (Å²) in [5.74, 6) is 0.425. The van der Waals surface area contributed by atoms with Gasteiger partial charge in [-0.3, -0.25) is 4.79 Å². The van der Waals surface area contributed by atoms with Gasteiger partial charge in [-0.2, -0.15) is 0 Å². The first-order valence-corrected chi connectivity index (χ1v) is 7.42. The fraction of sp³-hybridized carbons (Fsp3) is 0.316. The molecule has 2 aromatic carbocycles. The summed E-state index contributed by atoms with van der Waals surface area (Å²) in [7, 11) is 0. The molecule has 0 atom stereocenters. The molecule has 1 amide bonds. The molecule has 0 saturated heterocycles. The number of para-hydroxylation sites is 1. The van der Waals surface area contributed by atoms with Gasteiger partial charge in [0.25, 0.3) is 0 Å². The van der Waals surface area contributed by atoms with Gasteiger partial charge in [-0.1, -0.05) is 50.2 Å². The molecule has 2 heteroatoms. The summed E-state index contributed by atoms with van der Waals surface area (Å²) in [4.78, 5) is 12.2. The molecular formula is C19H23NO. The Balaban J connectivity index is 2.10. The van der Waals surface area contributed by atoms with Crippen molar-refractivity contribution in [3.05, 3.63) is 64.7 Å². The second kappa shape index (κ2) is 6.57. The number of benzene rings is 2. The van der Waals surface area contributed by atoms with Gasteiger partial charge >= 0.3 is 0 Å². The van der Waals surface area contributed by atoms with E-state index >= 15 is 0 Å². The van der Waals surface area contributed by atoms with Gasteiger partial charge in [0.2, 0.25) is 5.91 Å². The normalized spacial score (nSPS) is 10.7. The maximum Gasteiger partial charge on any atom is 0.228 e. The van der Waals surface area contributed by atoms with E-state index in [0.29, 0.717) is 12.3 Å². The van der Waals surface area contributed by atoms with E-state index in [9.17, 15) is 4.79 Å². The Labute approximate surface area is 127 Å². The first kappa shape index (κ1) is 15.3. The Morgan fingerprint density at radius 1 is 1.05 bits per heavy atom. The SMILES string of the molecule is Cc1ccc(CC(=O)Nc2ccccc2C(C)C)cc1C. The fourth-order valence-electron chi connectivity index (χ4n) is 2.41. The van der Waals surface area contributed by atoms with Crippen LogP contribution in [0.15, 0.2) is 42.5 Å². The second-order valence-corrected chi connectivity index (χ2v) is 5.89. The lowest BCUT2D eigenvalue weighted by Crippen LogP contribution is -2.16. The second-order valence-electron chi connectivity index (χ2n) is 5.89. The van der Waals surface area contributed by atoms with Crippen LogP contribution < -0.4 is 5.32 Å². The molecule has 21 heavy (non-hydrogen) atoms. The van der Waals surface area contributed by atoms with Gasteiger partial charge in [0.05, 0.1) is 6.42 Å². The van der Waals surface area contributed by atoms with Crippen molar-refractivity contribution in [1.29, 1.82) is 0 Å². The van der Waals surface area contributed by atoms with E-state index in [1.54, 1.807) is 0 Å². The third-order valence-electron chi connectivity index (χ3n) is 3.79. The molecule has 1 N–H and O–H groups in total. The van der Waals surface area contributed by atoms with Crippen molar-refractivity contribution in [3.63, 3.8) is 0 Å². The highest BCUT2D eigenvalue weighted by Gasteiger charge is 2.10. The number of hydrogen-bond acceptors (Lipinski definition) is 1. The molecule has 0 radical (unpaired) electrons. The zero-order valence-corrected chi connectivity index (χ0v) is 13.2. The molecule has 0 fully saturated rings. The van der Waals surface area contributed by atoms with Gasteiger partial charge in [-0.15, -0.1) is 0 Å². The van der Waals surface area contributed by atoms with Gasteiger partial charge < -0.3 is 5.32 Å². The molecule has 0 bridgehead atoms. The van der Waals surface area contributed by atoms with Gasteiger partial charge in [-0.05, 0) is 48.1 Å². The monoisotopic (exact) mass is 281 g/mol. The van der Waals surface area contributed by atoms with Crippen LogP contribution in [0.3, 0.4) is 0 Å². The van der Waals surface area contributed by atoms with Crippen molar-refractivity contribution in [3.8, 4) is 0 Å². The molecule has 2 nitrogen and oxygen atoms in total. The molecule has 0 aliphatic rings. The quantitative estimate of drug-likeness (QED) is 0.871. The van der Waals surface area contributed by atoms with Crippen molar-refractivity contribution in [2.45, 2.75) is 40.0 Å². The van der Waals surface area contributed by atoms with Gasteiger partial charge in [0, 0.05) is 5.69 Å². The summed E-state index contributed by atoms with van der Waals surface area (Å²) in [6.07, 6.45) is 0.410. The van der Waals surface area contributed by atoms with Crippen LogP contribution in [0.5, 0.6) is 0 Å². The molecule has 0 aliphatic heterocycles. The third-order valence-corrected chi connectivity index (χ3v) is 3.79. The highest BCUT2D eigenvalue weighted by molar-refractivity contribution is 5.93. The largest absolute Gasteiger partial charge is 0.326 e. The van der Waals surface area contributed by atoms with E-state index in [-0.39, 0.29) is 5.91 Å². The Bertz CT molecular complexity index is 644. The average Bonchev–Trinajstić information content (AvgIpc) is 2.43. The highest BCUT2D eigenvalue weighted by atomic mass is 16.1. The average molecular weight is 281 g/mol. The molecule has 0 heterocycles. The lowest BCUT2D eigenvalue weighted by Gasteiger charge is -2.14. The maximum absolute atomic E-state index is 12.2. The summed E-state index contributed by atoms with van der Waals surface area (Å²) >= 11 is 0. The topological polar surface area (TPSA) is 29.1 Å². The van der Waals surface area contributed by atoms with E-state index < -0.39 is 0 Å². The van der Waals surface area contributed by atoms with Crippen molar-refractivity contribution in [2.24, 2.45) is 0 Å². The molecule has 0 spiro atoms. The number of rotatable bonds is 4. The first-order valence-electron chi connectivity index (χ1n) is 7.42. The zero-order chi connectivity index (χ0) is 15.4. The van der Waals surface area contributed by atoms with Crippen LogP contribution in [0.25, 0.3) is 0 Å². The maximum atomic E-state index is 12.2. The summed E-state index contributed by atoms with van der Waals surface area (Å²) in [6.45, 7) is 8.42. The van der Waals surface area contributed by atoms with Gasteiger partial charge in [0.15, 0.2) is 0 Å². The van der Waals surface area contributed by atoms with E-state index in [2.05, 4.69) is 51.2 Å². The third kappa shape index (κ3) is 3.94. The highest BCUT2D eigenvalue weighted by Crippen LogP contribution is 2.23. The number of nitrogens with one attached hydrogen (secondary N) is 1. The van der Waals surface area contributed by atoms with Crippen molar-refractivity contribution in [1.82, 2.24) is 0 Å². The smallest absolute Gasteiger partial charge is 0.228 e. The molecular weight excluding hydrogens is 258 g/mol. The number of aryl methyl sites for hydroxylation is 2. The van der Waals surface area contributed by atoms with Crippen LogP contribution in [0.2, 0.25) is 0 Å². The minimum atomic E-state index is 0.0337. The van der Waals surface area contributed by atoms with Crippen molar-refractivity contribution >= 4 is 11.6 Å². The molecule has 2 rings (SSSR count). The predicted octanol–water partition coefficient (Wildman–Crippen LogP) is 4.61. The molecule has 0 unspecified atom stereocenters. The summed E-state index contributed by atoms with van der Waals surface area (Å²) < 4.78 is 0. The molecule has 0 aliphatic carbocycles. The number of anilines is 1. The van der Waals surface area contributed by atoms with Gasteiger partial charge in [-0.25, -0.2) is 0 Å². The standard InChI is InChI=1S/C19H23NO/c1-13(2)17-7-5-6-8-18(17)20-19(21)12-16-10-9-14(3)15(4)11-16/h5-11,13H,12H2,1-4H3,(H,20,21). The Morgan fingerprint density at radius 2 is 1.76 bits per heavy atom. The minimum absolute atomic E-state index is 0.0337. The lowest BCUT2D eigenvalue weighted by atomic mass is 10.0. The van der Waals surface area contributed by atoms with Crippen LogP contribution in [-0.2, 0) is 11.2 Å². The van der Waals surface area contributed by atoms with E-state index in [1.165, 1.54) is 16.7 Å². The number of carbonyl (C=O) groups excluding carboxylic acids is 1. The van der Waals surface area contributed by atoms with Crippen LogP contribution in [-0.4, -0.2) is 5.91 Å². The van der Waals surface area contributed by atoms with Crippen molar-refractivity contribution in [2.75, 3.05) is 5.32 Å².